The average Bonchev–Trinajstić information content (AvgIpc) is 3.07. The van der Waals surface area contributed by atoms with Crippen LogP contribution in [0, 0.1) is 0 Å². The molecule has 1 aromatic carbocycles. The Bertz CT molecular complexity index is 811. The fourth-order valence-electron chi connectivity index (χ4n) is 2.11. The molecular weight excluding hydrogens is 306 g/mol. The molecule has 3 aromatic rings. The number of nitrogens with zero attached hydrogens (tertiary/aromatic N) is 2. The van der Waals surface area contributed by atoms with Crippen LogP contribution < -0.4 is 10.1 Å². The molecule has 0 spiro atoms. The summed E-state index contributed by atoms with van der Waals surface area (Å²) in [4.78, 5) is 16.3. The second-order valence-electron chi connectivity index (χ2n) is 5.46. The van der Waals surface area contributed by atoms with Crippen molar-refractivity contribution in [1.82, 2.24) is 10.1 Å². The number of hydrogen-bond donors (Lipinski definition) is 1. The minimum Gasteiger partial charge on any atom is -0.491 e. The van der Waals surface area contributed by atoms with E-state index in [1.54, 1.807) is 48.8 Å². The van der Waals surface area contributed by atoms with Gasteiger partial charge < -0.3 is 14.6 Å². The number of pyridine rings is 1. The quantitative estimate of drug-likeness (QED) is 0.773. The lowest BCUT2D eigenvalue weighted by Crippen LogP contribution is -2.12. The van der Waals surface area contributed by atoms with Gasteiger partial charge in [-0.05, 0) is 50.2 Å². The van der Waals surface area contributed by atoms with Gasteiger partial charge in [-0.2, -0.15) is 0 Å². The summed E-state index contributed by atoms with van der Waals surface area (Å²) in [7, 11) is 0. The SMILES string of the molecule is CC(C)Oc1ccc(NC(=O)c2cc(-c3cccnc3)on2)cc1. The number of benzene rings is 1. The van der Waals surface area contributed by atoms with Crippen LogP contribution in [-0.4, -0.2) is 22.2 Å². The Morgan fingerprint density at radius 3 is 2.67 bits per heavy atom. The summed E-state index contributed by atoms with van der Waals surface area (Å²) in [5, 5.41) is 6.58. The van der Waals surface area contributed by atoms with Crippen molar-refractivity contribution in [2.75, 3.05) is 5.32 Å². The fourth-order valence-corrected chi connectivity index (χ4v) is 2.11. The highest BCUT2D eigenvalue weighted by Gasteiger charge is 2.14. The molecule has 24 heavy (non-hydrogen) atoms. The van der Waals surface area contributed by atoms with Gasteiger partial charge >= 0.3 is 0 Å². The Kier molecular flexibility index (Phi) is 4.56. The first-order valence-corrected chi connectivity index (χ1v) is 7.57. The van der Waals surface area contributed by atoms with E-state index >= 15 is 0 Å². The maximum absolute atomic E-state index is 12.2. The van der Waals surface area contributed by atoms with Crippen molar-refractivity contribution in [2.45, 2.75) is 20.0 Å². The van der Waals surface area contributed by atoms with E-state index in [1.165, 1.54) is 0 Å². The lowest BCUT2D eigenvalue weighted by Gasteiger charge is -2.10. The molecular formula is C18H17N3O3. The highest BCUT2D eigenvalue weighted by Crippen LogP contribution is 2.20. The highest BCUT2D eigenvalue weighted by molar-refractivity contribution is 6.03. The summed E-state index contributed by atoms with van der Waals surface area (Å²) in [6, 6.07) is 12.4. The largest absolute Gasteiger partial charge is 0.491 e. The summed E-state index contributed by atoms with van der Waals surface area (Å²) in [5.41, 5.74) is 1.62. The van der Waals surface area contributed by atoms with Gasteiger partial charge in [-0.15, -0.1) is 0 Å². The number of ether oxygens (including phenoxy) is 1. The second kappa shape index (κ2) is 6.95. The van der Waals surface area contributed by atoms with Crippen LogP contribution in [0.4, 0.5) is 5.69 Å². The van der Waals surface area contributed by atoms with Crippen molar-refractivity contribution < 1.29 is 14.1 Å². The number of nitrogens with one attached hydrogen (secondary N) is 1. The standard InChI is InChI=1S/C18H17N3O3/c1-12(2)23-15-7-5-14(6-8-15)20-18(22)16-10-17(24-21-16)13-4-3-9-19-11-13/h3-12H,1-2H3,(H,20,22). The summed E-state index contributed by atoms with van der Waals surface area (Å²) < 4.78 is 10.8. The van der Waals surface area contributed by atoms with E-state index in [1.807, 2.05) is 19.9 Å². The van der Waals surface area contributed by atoms with Crippen LogP contribution in [0.3, 0.4) is 0 Å². The number of rotatable bonds is 5. The van der Waals surface area contributed by atoms with E-state index in [4.69, 9.17) is 9.26 Å². The molecule has 0 bridgehead atoms. The molecule has 1 amide bonds. The van der Waals surface area contributed by atoms with Crippen LogP contribution in [0.1, 0.15) is 24.3 Å². The van der Waals surface area contributed by atoms with E-state index in [-0.39, 0.29) is 17.7 Å². The molecule has 0 aliphatic rings. The molecule has 0 atom stereocenters. The molecule has 2 aromatic heterocycles. The van der Waals surface area contributed by atoms with Crippen LogP contribution >= 0.6 is 0 Å². The zero-order valence-electron chi connectivity index (χ0n) is 13.4. The van der Waals surface area contributed by atoms with Gasteiger partial charge in [0, 0.05) is 29.7 Å². The molecule has 0 saturated carbocycles. The summed E-state index contributed by atoms with van der Waals surface area (Å²) in [6.45, 7) is 3.92. The van der Waals surface area contributed by atoms with Gasteiger partial charge in [-0.25, -0.2) is 0 Å². The average molecular weight is 323 g/mol. The minimum absolute atomic E-state index is 0.103. The summed E-state index contributed by atoms with van der Waals surface area (Å²) >= 11 is 0. The molecule has 6 heteroatoms. The van der Waals surface area contributed by atoms with Crippen molar-refractivity contribution in [3.63, 3.8) is 0 Å². The topological polar surface area (TPSA) is 77.2 Å². The van der Waals surface area contributed by atoms with E-state index < -0.39 is 0 Å². The number of anilines is 1. The minimum atomic E-state index is -0.341. The lowest BCUT2D eigenvalue weighted by molar-refractivity contribution is 0.101. The van der Waals surface area contributed by atoms with Crippen LogP contribution in [-0.2, 0) is 0 Å². The number of amides is 1. The normalized spacial score (nSPS) is 10.6. The van der Waals surface area contributed by atoms with Gasteiger partial charge in [-0.1, -0.05) is 5.16 Å². The number of carbonyl (C=O) groups is 1. The van der Waals surface area contributed by atoms with Crippen LogP contribution in [0.25, 0.3) is 11.3 Å². The monoisotopic (exact) mass is 323 g/mol. The third-order valence-electron chi connectivity index (χ3n) is 3.17. The first-order valence-electron chi connectivity index (χ1n) is 7.57. The van der Waals surface area contributed by atoms with Crippen LogP contribution in [0.2, 0.25) is 0 Å². The molecule has 0 fully saturated rings. The molecule has 0 aliphatic heterocycles. The third-order valence-corrected chi connectivity index (χ3v) is 3.17. The Morgan fingerprint density at radius 1 is 1.21 bits per heavy atom. The predicted octanol–water partition coefficient (Wildman–Crippen LogP) is 3.78. The Morgan fingerprint density at radius 2 is 2.00 bits per heavy atom. The fraction of sp³-hybridized carbons (Fsp3) is 0.167. The molecule has 122 valence electrons. The summed E-state index contributed by atoms with van der Waals surface area (Å²) in [6.07, 6.45) is 3.42. The van der Waals surface area contributed by atoms with Crippen molar-refractivity contribution in [3.05, 3.63) is 60.6 Å². The molecule has 0 saturated heterocycles. The molecule has 3 rings (SSSR count). The number of carbonyl (C=O) groups excluding carboxylic acids is 1. The highest BCUT2D eigenvalue weighted by atomic mass is 16.5. The first-order chi connectivity index (χ1) is 11.6. The zero-order chi connectivity index (χ0) is 16.9. The molecule has 6 nitrogen and oxygen atoms in total. The smallest absolute Gasteiger partial charge is 0.277 e. The van der Waals surface area contributed by atoms with Gasteiger partial charge in [0.05, 0.1) is 6.10 Å². The van der Waals surface area contributed by atoms with Gasteiger partial charge in [0.1, 0.15) is 5.75 Å². The van der Waals surface area contributed by atoms with Gasteiger partial charge in [0.15, 0.2) is 11.5 Å². The third kappa shape index (κ3) is 3.78. The van der Waals surface area contributed by atoms with Crippen molar-refractivity contribution >= 4 is 11.6 Å². The lowest BCUT2D eigenvalue weighted by atomic mass is 10.2. The maximum atomic E-state index is 12.2. The van der Waals surface area contributed by atoms with Crippen molar-refractivity contribution in [3.8, 4) is 17.1 Å². The molecule has 0 aliphatic carbocycles. The Balaban J connectivity index is 1.68. The zero-order valence-corrected chi connectivity index (χ0v) is 13.4. The predicted molar refractivity (Wildman–Crippen MR) is 89.9 cm³/mol. The van der Waals surface area contributed by atoms with E-state index in [0.29, 0.717) is 11.4 Å². The van der Waals surface area contributed by atoms with Crippen molar-refractivity contribution in [1.29, 1.82) is 0 Å². The van der Waals surface area contributed by atoms with E-state index in [0.717, 1.165) is 11.3 Å². The second-order valence-corrected chi connectivity index (χ2v) is 5.46. The summed E-state index contributed by atoms with van der Waals surface area (Å²) in [5.74, 6) is 0.906. The molecule has 0 radical (unpaired) electrons. The number of aromatic nitrogens is 2. The molecule has 0 unspecified atom stereocenters. The number of hydrogen-bond acceptors (Lipinski definition) is 5. The van der Waals surface area contributed by atoms with Crippen molar-refractivity contribution in [2.24, 2.45) is 0 Å². The Hall–Kier alpha value is -3.15. The first kappa shape index (κ1) is 15.7. The molecule has 1 N–H and O–H groups in total. The van der Waals surface area contributed by atoms with Gasteiger partial charge in [-0.3, -0.25) is 9.78 Å². The van der Waals surface area contributed by atoms with Crippen LogP contribution in [0.5, 0.6) is 5.75 Å². The van der Waals surface area contributed by atoms with E-state index in [2.05, 4.69) is 15.5 Å². The van der Waals surface area contributed by atoms with Gasteiger partial charge in [0.2, 0.25) is 0 Å². The maximum Gasteiger partial charge on any atom is 0.277 e. The van der Waals surface area contributed by atoms with E-state index in [9.17, 15) is 4.79 Å². The Labute approximate surface area is 139 Å². The molecule has 2 heterocycles. The van der Waals surface area contributed by atoms with Gasteiger partial charge in [0.25, 0.3) is 5.91 Å². The van der Waals surface area contributed by atoms with Crippen LogP contribution in [0.15, 0.2) is 59.4 Å².